The van der Waals surface area contributed by atoms with Crippen molar-refractivity contribution in [3.63, 3.8) is 0 Å². The number of halogens is 1. The lowest BCUT2D eigenvalue weighted by Crippen LogP contribution is -2.34. The molecule has 3 N–H and O–H groups in total. The average Bonchev–Trinajstić information content (AvgIpc) is 2.67. The number of ether oxygens (including phenoxy) is 1. The van der Waals surface area contributed by atoms with Crippen molar-refractivity contribution in [2.45, 2.75) is 12.5 Å². The molecule has 0 heterocycles. The van der Waals surface area contributed by atoms with Crippen LogP contribution in [0.3, 0.4) is 0 Å². The summed E-state index contributed by atoms with van der Waals surface area (Å²) < 4.78 is 18.8. The summed E-state index contributed by atoms with van der Waals surface area (Å²) in [6, 6.07) is 22.5. The third-order valence-electron chi connectivity index (χ3n) is 4.13. The second-order valence-corrected chi connectivity index (χ2v) is 6.15. The Labute approximate surface area is 157 Å². The SMILES string of the molecule is NC(=O)C(NCCc1ccc(Oc2cccc(F)c2)cc1)c1ccccc1. The van der Waals surface area contributed by atoms with Gasteiger partial charge in [0.2, 0.25) is 5.91 Å². The van der Waals surface area contributed by atoms with Gasteiger partial charge in [0.05, 0.1) is 0 Å². The quantitative estimate of drug-likeness (QED) is 0.635. The van der Waals surface area contributed by atoms with Gasteiger partial charge in [-0.3, -0.25) is 4.79 Å². The zero-order valence-corrected chi connectivity index (χ0v) is 14.8. The van der Waals surface area contributed by atoms with Crippen LogP contribution in [-0.2, 0) is 11.2 Å². The first-order valence-corrected chi connectivity index (χ1v) is 8.72. The van der Waals surface area contributed by atoms with E-state index in [-0.39, 0.29) is 5.82 Å². The average molecular weight is 364 g/mol. The molecule has 0 aromatic heterocycles. The van der Waals surface area contributed by atoms with Gasteiger partial charge in [0.15, 0.2) is 0 Å². The molecule has 0 aliphatic rings. The lowest BCUT2D eigenvalue weighted by atomic mass is 10.1. The molecule has 0 bridgehead atoms. The van der Waals surface area contributed by atoms with E-state index in [1.54, 1.807) is 12.1 Å². The van der Waals surface area contributed by atoms with Crippen molar-refractivity contribution in [2.24, 2.45) is 5.73 Å². The van der Waals surface area contributed by atoms with Gasteiger partial charge in [-0.05, 0) is 41.8 Å². The molecule has 4 nitrogen and oxygen atoms in total. The minimum absolute atomic E-state index is 0.336. The van der Waals surface area contributed by atoms with Crippen LogP contribution in [0, 0.1) is 5.82 Å². The summed E-state index contributed by atoms with van der Waals surface area (Å²) in [5.74, 6) is 0.353. The highest BCUT2D eigenvalue weighted by Crippen LogP contribution is 2.22. The van der Waals surface area contributed by atoms with Gasteiger partial charge in [0.1, 0.15) is 23.4 Å². The molecule has 1 amide bonds. The van der Waals surface area contributed by atoms with Crippen LogP contribution in [0.25, 0.3) is 0 Å². The third kappa shape index (κ3) is 5.39. The first kappa shape index (κ1) is 18.6. The highest BCUT2D eigenvalue weighted by molar-refractivity contribution is 5.81. The number of benzene rings is 3. The molecule has 0 radical (unpaired) electrons. The van der Waals surface area contributed by atoms with Crippen molar-refractivity contribution in [1.82, 2.24) is 5.32 Å². The van der Waals surface area contributed by atoms with Crippen LogP contribution >= 0.6 is 0 Å². The van der Waals surface area contributed by atoms with Crippen molar-refractivity contribution >= 4 is 5.91 Å². The van der Waals surface area contributed by atoms with Gasteiger partial charge in [0.25, 0.3) is 0 Å². The van der Waals surface area contributed by atoms with E-state index in [4.69, 9.17) is 10.5 Å². The van der Waals surface area contributed by atoms with Gasteiger partial charge in [-0.15, -0.1) is 0 Å². The molecule has 0 spiro atoms. The summed E-state index contributed by atoms with van der Waals surface area (Å²) in [6.07, 6.45) is 0.733. The molecule has 0 saturated heterocycles. The summed E-state index contributed by atoms with van der Waals surface area (Å²) in [4.78, 5) is 11.7. The number of nitrogens with one attached hydrogen (secondary N) is 1. The first-order chi connectivity index (χ1) is 13.1. The van der Waals surface area contributed by atoms with E-state index >= 15 is 0 Å². The van der Waals surface area contributed by atoms with Gasteiger partial charge in [-0.25, -0.2) is 4.39 Å². The number of carbonyl (C=O) groups excluding carboxylic acids is 1. The molecule has 5 heteroatoms. The van der Waals surface area contributed by atoms with Gasteiger partial charge in [0, 0.05) is 12.6 Å². The lowest BCUT2D eigenvalue weighted by Gasteiger charge is -2.16. The molecule has 3 aromatic carbocycles. The number of carbonyl (C=O) groups is 1. The van der Waals surface area contributed by atoms with E-state index in [0.29, 0.717) is 18.0 Å². The van der Waals surface area contributed by atoms with Crippen LogP contribution in [0.2, 0.25) is 0 Å². The Morgan fingerprint density at radius 1 is 0.963 bits per heavy atom. The lowest BCUT2D eigenvalue weighted by molar-refractivity contribution is -0.120. The minimum atomic E-state index is -0.512. The van der Waals surface area contributed by atoms with Crippen molar-refractivity contribution in [1.29, 1.82) is 0 Å². The Morgan fingerprint density at radius 2 is 1.70 bits per heavy atom. The molecular weight excluding hydrogens is 343 g/mol. The van der Waals surface area contributed by atoms with Gasteiger partial charge >= 0.3 is 0 Å². The Balaban J connectivity index is 1.54. The van der Waals surface area contributed by atoms with Gasteiger partial charge in [-0.1, -0.05) is 48.5 Å². The summed E-state index contributed by atoms with van der Waals surface area (Å²) in [6.45, 7) is 0.604. The van der Waals surface area contributed by atoms with Gasteiger partial charge < -0.3 is 15.8 Å². The zero-order valence-electron chi connectivity index (χ0n) is 14.8. The molecule has 1 unspecified atom stereocenters. The summed E-state index contributed by atoms with van der Waals surface area (Å²) >= 11 is 0. The first-order valence-electron chi connectivity index (χ1n) is 8.72. The van der Waals surface area contributed by atoms with E-state index in [0.717, 1.165) is 17.5 Å². The van der Waals surface area contributed by atoms with Crippen molar-refractivity contribution in [3.05, 3.63) is 95.8 Å². The normalized spacial score (nSPS) is 11.7. The van der Waals surface area contributed by atoms with Crippen LogP contribution in [0.5, 0.6) is 11.5 Å². The molecule has 3 rings (SSSR count). The maximum absolute atomic E-state index is 13.2. The van der Waals surface area contributed by atoms with Crippen molar-refractivity contribution in [2.75, 3.05) is 6.54 Å². The number of nitrogens with two attached hydrogens (primary N) is 1. The second-order valence-electron chi connectivity index (χ2n) is 6.15. The van der Waals surface area contributed by atoms with E-state index in [1.807, 2.05) is 54.6 Å². The van der Waals surface area contributed by atoms with Crippen molar-refractivity contribution in [3.8, 4) is 11.5 Å². The Bertz CT molecular complexity index is 882. The van der Waals surface area contributed by atoms with E-state index in [1.165, 1.54) is 12.1 Å². The number of rotatable bonds is 8. The van der Waals surface area contributed by atoms with Crippen LogP contribution in [-0.4, -0.2) is 12.5 Å². The van der Waals surface area contributed by atoms with Crippen LogP contribution in [0.1, 0.15) is 17.2 Å². The van der Waals surface area contributed by atoms with E-state index in [9.17, 15) is 9.18 Å². The highest BCUT2D eigenvalue weighted by Gasteiger charge is 2.16. The van der Waals surface area contributed by atoms with Crippen LogP contribution in [0.4, 0.5) is 4.39 Å². The monoisotopic (exact) mass is 364 g/mol. The molecule has 1 atom stereocenters. The van der Waals surface area contributed by atoms with Crippen LogP contribution < -0.4 is 15.8 Å². The fourth-order valence-corrected chi connectivity index (χ4v) is 2.78. The largest absolute Gasteiger partial charge is 0.457 e. The zero-order chi connectivity index (χ0) is 19.1. The molecule has 0 fully saturated rings. The topological polar surface area (TPSA) is 64.4 Å². The fraction of sp³-hybridized carbons (Fsp3) is 0.136. The predicted octanol–water partition coefficient (Wildman–Crippen LogP) is 3.98. The molecule has 3 aromatic rings. The molecular formula is C22H21FN2O2. The third-order valence-corrected chi connectivity index (χ3v) is 4.13. The molecule has 0 aliphatic carbocycles. The Morgan fingerprint density at radius 3 is 2.37 bits per heavy atom. The summed E-state index contributed by atoms with van der Waals surface area (Å²) in [5, 5.41) is 3.20. The number of hydrogen-bond donors (Lipinski definition) is 2. The Kier molecular flexibility index (Phi) is 6.18. The maximum atomic E-state index is 13.2. The number of primary amides is 1. The summed E-state index contributed by atoms with van der Waals surface area (Å²) in [5.41, 5.74) is 7.45. The standard InChI is InChI=1S/C22H21FN2O2/c23-18-7-4-8-20(15-18)27-19-11-9-16(10-12-19)13-14-25-21(22(24)26)17-5-2-1-3-6-17/h1-12,15,21,25H,13-14H2,(H2,24,26). The summed E-state index contributed by atoms with van der Waals surface area (Å²) in [7, 11) is 0. The smallest absolute Gasteiger partial charge is 0.239 e. The maximum Gasteiger partial charge on any atom is 0.239 e. The second kappa shape index (κ2) is 8.96. The van der Waals surface area contributed by atoms with Crippen LogP contribution in [0.15, 0.2) is 78.9 Å². The van der Waals surface area contributed by atoms with Crippen molar-refractivity contribution < 1.29 is 13.9 Å². The molecule has 0 aliphatic heterocycles. The molecule has 138 valence electrons. The number of amides is 1. The predicted molar refractivity (Wildman–Crippen MR) is 103 cm³/mol. The minimum Gasteiger partial charge on any atom is -0.457 e. The van der Waals surface area contributed by atoms with E-state index < -0.39 is 11.9 Å². The Hall–Kier alpha value is -3.18. The fourth-order valence-electron chi connectivity index (χ4n) is 2.78. The van der Waals surface area contributed by atoms with Gasteiger partial charge in [-0.2, -0.15) is 0 Å². The molecule has 27 heavy (non-hydrogen) atoms. The number of hydrogen-bond acceptors (Lipinski definition) is 3. The van der Waals surface area contributed by atoms with E-state index in [2.05, 4.69) is 5.32 Å². The molecule has 0 saturated carbocycles. The highest BCUT2D eigenvalue weighted by atomic mass is 19.1.